The number of benzene rings is 2. The van der Waals surface area contributed by atoms with Crippen LogP contribution in [0, 0.1) is 18.8 Å². The fourth-order valence-electron chi connectivity index (χ4n) is 2.18. The van der Waals surface area contributed by atoms with Gasteiger partial charge in [0.1, 0.15) is 0 Å². The lowest BCUT2D eigenvalue weighted by Crippen LogP contribution is -1.92. The summed E-state index contributed by atoms with van der Waals surface area (Å²) in [4.78, 5) is 0. The molecule has 1 heterocycles. The van der Waals surface area contributed by atoms with Gasteiger partial charge in [0, 0.05) is 22.5 Å². The van der Waals surface area contributed by atoms with Crippen LogP contribution >= 0.6 is 0 Å². The summed E-state index contributed by atoms with van der Waals surface area (Å²) in [5, 5.41) is 7.08. The van der Waals surface area contributed by atoms with Crippen molar-refractivity contribution in [2.45, 2.75) is 6.92 Å². The molecule has 0 aliphatic rings. The van der Waals surface area contributed by atoms with Crippen LogP contribution in [0.1, 0.15) is 16.7 Å². The maximum Gasteiger partial charge on any atom is 0.0827 e. The molecule has 0 fully saturated rings. The van der Waals surface area contributed by atoms with Gasteiger partial charge in [-0.15, -0.1) is 0 Å². The molecule has 5 N–H and O–H groups in total. The highest BCUT2D eigenvalue weighted by Gasteiger charge is 2.09. The molecule has 0 unspecified atom stereocenters. The summed E-state index contributed by atoms with van der Waals surface area (Å²) in [6, 6.07) is 13.3. The van der Waals surface area contributed by atoms with Crippen LogP contribution in [-0.2, 0) is 0 Å². The number of aromatic amines is 1. The van der Waals surface area contributed by atoms with Gasteiger partial charge in [-0.25, -0.2) is 0 Å². The molecule has 0 aliphatic carbocycles. The average molecular weight is 288 g/mol. The number of anilines is 2. The van der Waals surface area contributed by atoms with E-state index in [9.17, 15) is 0 Å². The zero-order valence-corrected chi connectivity index (χ0v) is 12.2. The normalized spacial score (nSPS) is 10.0. The molecule has 4 nitrogen and oxygen atoms in total. The summed E-state index contributed by atoms with van der Waals surface area (Å²) in [5.41, 5.74) is 17.8. The number of hydrogen-bond donors (Lipinski definition) is 3. The smallest absolute Gasteiger partial charge is 0.0827 e. The molecule has 0 saturated heterocycles. The molecule has 1 aromatic heterocycles. The van der Waals surface area contributed by atoms with Crippen molar-refractivity contribution in [1.82, 2.24) is 10.2 Å². The third kappa shape index (κ3) is 2.79. The number of H-pyrrole nitrogens is 1. The first kappa shape index (κ1) is 13.8. The second-order valence-electron chi connectivity index (χ2n) is 5.12. The zero-order chi connectivity index (χ0) is 15.5. The van der Waals surface area contributed by atoms with E-state index in [1.807, 2.05) is 49.4 Å². The summed E-state index contributed by atoms with van der Waals surface area (Å²) in [6.07, 6.45) is 1.71. The van der Waals surface area contributed by atoms with Gasteiger partial charge in [0.05, 0.1) is 17.5 Å². The number of nitrogens with zero attached hydrogens (tertiary/aromatic N) is 1. The van der Waals surface area contributed by atoms with E-state index in [0.717, 1.165) is 33.6 Å². The lowest BCUT2D eigenvalue weighted by Gasteiger charge is -2.05. The van der Waals surface area contributed by atoms with Gasteiger partial charge in [0.2, 0.25) is 0 Å². The monoisotopic (exact) mass is 288 g/mol. The summed E-state index contributed by atoms with van der Waals surface area (Å²) >= 11 is 0. The first-order valence-corrected chi connectivity index (χ1v) is 6.91. The van der Waals surface area contributed by atoms with Crippen LogP contribution in [0.4, 0.5) is 11.4 Å². The van der Waals surface area contributed by atoms with E-state index in [1.54, 1.807) is 6.20 Å². The summed E-state index contributed by atoms with van der Waals surface area (Å²) in [6.45, 7) is 2.03. The highest BCUT2D eigenvalue weighted by molar-refractivity contribution is 5.78. The van der Waals surface area contributed by atoms with Crippen LogP contribution in [0.5, 0.6) is 0 Å². The summed E-state index contributed by atoms with van der Waals surface area (Å²) in [5.74, 6) is 6.25. The van der Waals surface area contributed by atoms with E-state index in [-0.39, 0.29) is 0 Å². The first-order chi connectivity index (χ1) is 10.6. The molecule has 4 heteroatoms. The van der Waals surface area contributed by atoms with Gasteiger partial charge in [-0.05, 0) is 43.3 Å². The summed E-state index contributed by atoms with van der Waals surface area (Å²) in [7, 11) is 0. The van der Waals surface area contributed by atoms with E-state index in [0.29, 0.717) is 5.69 Å². The predicted octanol–water partition coefficient (Wildman–Crippen LogP) is 2.95. The number of hydrogen-bond acceptors (Lipinski definition) is 3. The Balaban J connectivity index is 2.00. The van der Waals surface area contributed by atoms with Gasteiger partial charge < -0.3 is 11.5 Å². The minimum atomic E-state index is 0.699. The largest absolute Gasteiger partial charge is 0.399 e. The Bertz CT molecular complexity index is 864. The molecule has 2 aromatic carbocycles. The van der Waals surface area contributed by atoms with Gasteiger partial charge in [-0.1, -0.05) is 23.5 Å². The van der Waals surface area contributed by atoms with E-state index in [4.69, 9.17) is 11.5 Å². The molecule has 0 bridgehead atoms. The Hall–Kier alpha value is -3.19. The maximum atomic E-state index is 6.06. The fourth-order valence-corrected chi connectivity index (χ4v) is 2.18. The predicted molar refractivity (Wildman–Crippen MR) is 90.0 cm³/mol. The van der Waals surface area contributed by atoms with Crippen LogP contribution in [0.3, 0.4) is 0 Å². The molecule has 3 aromatic rings. The van der Waals surface area contributed by atoms with Crippen LogP contribution < -0.4 is 11.5 Å². The molecule has 0 amide bonds. The third-order valence-corrected chi connectivity index (χ3v) is 3.37. The number of rotatable bonds is 1. The SMILES string of the molecule is Cc1ccc(N)c(-c2[nH]ncc2C#Cc2ccc(N)cc2)c1. The van der Waals surface area contributed by atoms with Crippen molar-refractivity contribution < 1.29 is 0 Å². The standard InChI is InChI=1S/C18H16N4/c1-12-2-9-17(20)16(10-12)18-14(11-21-22-18)6-3-13-4-7-15(19)8-5-13/h2,4-5,7-11H,19-20H2,1H3,(H,21,22). The molecule has 0 spiro atoms. The van der Waals surface area contributed by atoms with E-state index in [1.165, 1.54) is 0 Å². The third-order valence-electron chi connectivity index (χ3n) is 3.37. The van der Waals surface area contributed by atoms with Gasteiger partial charge in [-0.2, -0.15) is 5.10 Å². The fraction of sp³-hybridized carbons (Fsp3) is 0.0556. The van der Waals surface area contributed by atoms with Crippen molar-refractivity contribution in [3.63, 3.8) is 0 Å². The molecule has 0 radical (unpaired) electrons. The lowest BCUT2D eigenvalue weighted by atomic mass is 10.0. The number of nitrogens with one attached hydrogen (secondary N) is 1. The van der Waals surface area contributed by atoms with Crippen molar-refractivity contribution in [2.24, 2.45) is 0 Å². The Morgan fingerprint density at radius 1 is 1.00 bits per heavy atom. The topological polar surface area (TPSA) is 80.7 Å². The minimum absolute atomic E-state index is 0.699. The van der Waals surface area contributed by atoms with Gasteiger partial charge >= 0.3 is 0 Å². The van der Waals surface area contributed by atoms with Gasteiger partial charge in [0.25, 0.3) is 0 Å². The Labute approximate surface area is 129 Å². The van der Waals surface area contributed by atoms with Crippen LogP contribution in [-0.4, -0.2) is 10.2 Å². The van der Waals surface area contributed by atoms with Gasteiger partial charge in [0.15, 0.2) is 0 Å². The van der Waals surface area contributed by atoms with E-state index >= 15 is 0 Å². The molecular weight excluding hydrogens is 272 g/mol. The van der Waals surface area contributed by atoms with Crippen molar-refractivity contribution in [1.29, 1.82) is 0 Å². The molecular formula is C18H16N4. The van der Waals surface area contributed by atoms with Crippen molar-refractivity contribution in [3.8, 4) is 23.1 Å². The minimum Gasteiger partial charge on any atom is -0.399 e. The quantitative estimate of drug-likeness (QED) is 0.475. The Morgan fingerprint density at radius 2 is 1.77 bits per heavy atom. The van der Waals surface area contributed by atoms with Crippen molar-refractivity contribution >= 4 is 11.4 Å². The highest BCUT2D eigenvalue weighted by Crippen LogP contribution is 2.27. The Morgan fingerprint density at radius 3 is 2.55 bits per heavy atom. The maximum absolute atomic E-state index is 6.06. The van der Waals surface area contributed by atoms with Crippen LogP contribution in [0.2, 0.25) is 0 Å². The second kappa shape index (κ2) is 5.66. The lowest BCUT2D eigenvalue weighted by molar-refractivity contribution is 1.10. The molecule has 3 rings (SSSR count). The average Bonchev–Trinajstić information content (AvgIpc) is 2.97. The van der Waals surface area contributed by atoms with Crippen LogP contribution in [0.25, 0.3) is 11.3 Å². The first-order valence-electron chi connectivity index (χ1n) is 6.91. The molecule has 108 valence electrons. The number of nitrogens with two attached hydrogens (primary N) is 2. The molecule has 0 saturated carbocycles. The van der Waals surface area contributed by atoms with Crippen molar-refractivity contribution in [2.75, 3.05) is 11.5 Å². The molecule has 0 aliphatic heterocycles. The van der Waals surface area contributed by atoms with E-state index in [2.05, 4.69) is 22.0 Å². The molecule has 22 heavy (non-hydrogen) atoms. The van der Waals surface area contributed by atoms with E-state index < -0.39 is 0 Å². The second-order valence-corrected chi connectivity index (χ2v) is 5.12. The van der Waals surface area contributed by atoms with Gasteiger partial charge in [-0.3, -0.25) is 5.10 Å². The highest BCUT2D eigenvalue weighted by atomic mass is 15.1. The molecule has 0 atom stereocenters. The Kier molecular flexibility index (Phi) is 3.55. The summed E-state index contributed by atoms with van der Waals surface area (Å²) < 4.78 is 0. The van der Waals surface area contributed by atoms with Crippen LogP contribution in [0.15, 0.2) is 48.7 Å². The van der Waals surface area contributed by atoms with Crippen molar-refractivity contribution in [3.05, 3.63) is 65.4 Å². The zero-order valence-electron chi connectivity index (χ0n) is 12.2. The number of aromatic nitrogens is 2. The number of aryl methyl sites for hydroxylation is 1. The number of nitrogen functional groups attached to an aromatic ring is 2.